The Morgan fingerprint density at radius 2 is 1.84 bits per heavy atom. The number of amides is 2. The van der Waals surface area contributed by atoms with E-state index in [9.17, 15) is 9.59 Å². The average molecular weight is 352 g/mol. The van der Waals surface area contributed by atoms with Gasteiger partial charge in [0.1, 0.15) is 0 Å². The van der Waals surface area contributed by atoms with Crippen molar-refractivity contribution in [2.45, 2.75) is 24.3 Å². The van der Waals surface area contributed by atoms with Gasteiger partial charge in [0.25, 0.3) is 0 Å². The summed E-state index contributed by atoms with van der Waals surface area (Å²) in [5, 5.41) is 2.98. The van der Waals surface area contributed by atoms with Crippen LogP contribution in [0.15, 0.2) is 59.6 Å². The van der Waals surface area contributed by atoms with Crippen molar-refractivity contribution in [2.75, 3.05) is 11.6 Å². The molecule has 5 heteroatoms. The third-order valence-electron chi connectivity index (χ3n) is 4.23. The van der Waals surface area contributed by atoms with Crippen LogP contribution in [0.2, 0.25) is 0 Å². The van der Waals surface area contributed by atoms with Crippen molar-refractivity contribution >= 4 is 35.3 Å². The normalized spacial score (nSPS) is 15.6. The molecule has 25 heavy (non-hydrogen) atoms. The van der Waals surface area contributed by atoms with Gasteiger partial charge in [0.2, 0.25) is 11.8 Å². The summed E-state index contributed by atoms with van der Waals surface area (Å²) in [4.78, 5) is 27.3. The maximum atomic E-state index is 12.6. The van der Waals surface area contributed by atoms with Crippen LogP contribution in [0.25, 0.3) is 6.08 Å². The maximum Gasteiger partial charge on any atom is 0.226 e. The third-order valence-corrected chi connectivity index (χ3v) is 5.02. The second-order valence-corrected chi connectivity index (χ2v) is 6.69. The van der Waals surface area contributed by atoms with E-state index in [1.807, 2.05) is 60.9 Å². The van der Waals surface area contributed by atoms with Crippen molar-refractivity contribution < 1.29 is 9.59 Å². The molecule has 0 aromatic heterocycles. The third kappa shape index (κ3) is 3.77. The van der Waals surface area contributed by atoms with Gasteiger partial charge in [-0.05, 0) is 35.6 Å². The number of rotatable bonds is 4. The van der Waals surface area contributed by atoms with Crippen molar-refractivity contribution in [1.82, 2.24) is 4.90 Å². The van der Waals surface area contributed by atoms with Crippen LogP contribution >= 0.6 is 11.8 Å². The fraction of sp³-hybridized carbons (Fsp3) is 0.200. The van der Waals surface area contributed by atoms with Gasteiger partial charge in [-0.25, -0.2) is 0 Å². The summed E-state index contributed by atoms with van der Waals surface area (Å²) in [6.45, 7) is 1.52. The van der Waals surface area contributed by atoms with Gasteiger partial charge < -0.3 is 10.2 Å². The molecule has 4 nitrogen and oxygen atoms in total. The van der Waals surface area contributed by atoms with Crippen molar-refractivity contribution in [3.8, 4) is 0 Å². The SMILES string of the molecule is CSc1ccccc1NC(=O)CC1c2ccccc2C=CN1C(C)=O. The van der Waals surface area contributed by atoms with E-state index < -0.39 is 0 Å². The Hall–Kier alpha value is -2.53. The van der Waals surface area contributed by atoms with Gasteiger partial charge in [-0.3, -0.25) is 9.59 Å². The smallest absolute Gasteiger partial charge is 0.226 e. The summed E-state index contributed by atoms with van der Waals surface area (Å²) in [5.41, 5.74) is 2.84. The molecule has 2 amide bonds. The van der Waals surface area contributed by atoms with Crippen molar-refractivity contribution in [3.05, 3.63) is 65.9 Å². The van der Waals surface area contributed by atoms with Crippen LogP contribution in [0.5, 0.6) is 0 Å². The number of thioether (sulfide) groups is 1. The fourth-order valence-electron chi connectivity index (χ4n) is 3.04. The summed E-state index contributed by atoms with van der Waals surface area (Å²) in [7, 11) is 0. The Kier molecular flexibility index (Phi) is 5.24. The quantitative estimate of drug-likeness (QED) is 0.834. The zero-order valence-corrected chi connectivity index (χ0v) is 15.0. The molecule has 0 spiro atoms. The maximum absolute atomic E-state index is 12.6. The van der Waals surface area contributed by atoms with E-state index in [-0.39, 0.29) is 24.3 Å². The Labute approximate surface area is 151 Å². The second kappa shape index (κ2) is 7.57. The molecule has 128 valence electrons. The highest BCUT2D eigenvalue weighted by Crippen LogP contribution is 2.33. The minimum atomic E-state index is -0.292. The molecule has 1 heterocycles. The van der Waals surface area contributed by atoms with Gasteiger partial charge >= 0.3 is 0 Å². The minimum Gasteiger partial charge on any atom is -0.325 e. The number of para-hydroxylation sites is 1. The number of carbonyl (C=O) groups is 2. The van der Waals surface area contributed by atoms with Crippen LogP contribution in [0.1, 0.15) is 30.5 Å². The molecule has 0 aliphatic carbocycles. The van der Waals surface area contributed by atoms with Gasteiger partial charge in [0.15, 0.2) is 0 Å². The Morgan fingerprint density at radius 3 is 2.60 bits per heavy atom. The number of carbonyl (C=O) groups excluding carboxylic acids is 2. The molecule has 2 aromatic rings. The first-order chi connectivity index (χ1) is 12.1. The molecular formula is C20H20N2O2S. The second-order valence-electron chi connectivity index (χ2n) is 5.84. The number of fused-ring (bicyclic) bond motifs is 1. The Bertz CT molecular complexity index is 832. The first-order valence-corrected chi connectivity index (χ1v) is 9.31. The van der Waals surface area contributed by atoms with E-state index in [0.29, 0.717) is 0 Å². The first kappa shape index (κ1) is 17.3. The van der Waals surface area contributed by atoms with E-state index in [4.69, 9.17) is 0 Å². The lowest BCUT2D eigenvalue weighted by molar-refractivity contribution is -0.129. The average Bonchev–Trinajstić information content (AvgIpc) is 2.62. The van der Waals surface area contributed by atoms with Gasteiger partial charge in [0, 0.05) is 18.0 Å². The van der Waals surface area contributed by atoms with Crippen molar-refractivity contribution in [2.24, 2.45) is 0 Å². The van der Waals surface area contributed by atoms with Gasteiger partial charge in [-0.1, -0.05) is 36.4 Å². The standard InChI is InChI=1S/C20H20N2O2S/c1-14(23)22-12-11-15-7-3-4-8-16(15)18(22)13-20(24)21-17-9-5-6-10-19(17)25-2/h3-12,18H,13H2,1-2H3,(H,21,24). The minimum absolute atomic E-state index is 0.0759. The van der Waals surface area contributed by atoms with Crippen molar-refractivity contribution in [3.63, 3.8) is 0 Å². The monoisotopic (exact) mass is 352 g/mol. The van der Waals surface area contributed by atoms with Crippen LogP contribution < -0.4 is 5.32 Å². The van der Waals surface area contributed by atoms with E-state index >= 15 is 0 Å². The zero-order valence-electron chi connectivity index (χ0n) is 14.2. The first-order valence-electron chi connectivity index (χ1n) is 8.09. The van der Waals surface area contributed by atoms with E-state index in [2.05, 4.69) is 5.32 Å². The number of hydrogen-bond donors (Lipinski definition) is 1. The predicted molar refractivity (Wildman–Crippen MR) is 102 cm³/mol. The zero-order chi connectivity index (χ0) is 17.8. The number of hydrogen-bond acceptors (Lipinski definition) is 3. The summed E-state index contributed by atoms with van der Waals surface area (Å²) in [5.74, 6) is -0.184. The lowest BCUT2D eigenvalue weighted by Gasteiger charge is -2.32. The summed E-state index contributed by atoms with van der Waals surface area (Å²) >= 11 is 1.59. The van der Waals surface area contributed by atoms with Crippen molar-refractivity contribution in [1.29, 1.82) is 0 Å². The molecule has 1 N–H and O–H groups in total. The summed E-state index contributed by atoms with van der Waals surface area (Å²) in [6, 6.07) is 15.3. The number of nitrogens with zero attached hydrogens (tertiary/aromatic N) is 1. The highest BCUT2D eigenvalue weighted by molar-refractivity contribution is 7.98. The van der Waals surface area contributed by atoms with Crippen LogP contribution in [-0.2, 0) is 9.59 Å². The topological polar surface area (TPSA) is 49.4 Å². The molecule has 0 saturated carbocycles. The number of nitrogens with one attached hydrogen (secondary N) is 1. The fourth-order valence-corrected chi connectivity index (χ4v) is 3.59. The molecule has 0 radical (unpaired) electrons. The van der Waals surface area contributed by atoms with E-state index in [0.717, 1.165) is 21.7 Å². The van der Waals surface area contributed by atoms with E-state index in [1.54, 1.807) is 22.9 Å². The molecule has 1 aliphatic rings. The van der Waals surface area contributed by atoms with Crippen LogP contribution in [0.3, 0.4) is 0 Å². The molecule has 1 aliphatic heterocycles. The molecule has 2 aromatic carbocycles. The highest BCUT2D eigenvalue weighted by atomic mass is 32.2. The molecule has 1 atom stereocenters. The Morgan fingerprint density at radius 1 is 1.12 bits per heavy atom. The van der Waals surface area contributed by atoms with Crippen LogP contribution in [0.4, 0.5) is 5.69 Å². The number of anilines is 1. The predicted octanol–water partition coefficient (Wildman–Crippen LogP) is 4.31. The largest absolute Gasteiger partial charge is 0.325 e. The number of benzene rings is 2. The lowest BCUT2D eigenvalue weighted by atomic mass is 9.93. The molecular weight excluding hydrogens is 332 g/mol. The molecule has 1 unspecified atom stereocenters. The van der Waals surface area contributed by atoms with Crippen LogP contribution in [-0.4, -0.2) is 23.0 Å². The molecule has 0 saturated heterocycles. The van der Waals surface area contributed by atoms with Gasteiger partial charge in [-0.15, -0.1) is 11.8 Å². The summed E-state index contributed by atoms with van der Waals surface area (Å²) in [6.07, 6.45) is 5.86. The van der Waals surface area contributed by atoms with Gasteiger partial charge in [0.05, 0.1) is 18.2 Å². The highest BCUT2D eigenvalue weighted by Gasteiger charge is 2.28. The molecule has 0 bridgehead atoms. The Balaban J connectivity index is 1.83. The summed E-state index contributed by atoms with van der Waals surface area (Å²) < 4.78 is 0. The molecule has 3 rings (SSSR count). The van der Waals surface area contributed by atoms with Gasteiger partial charge in [-0.2, -0.15) is 0 Å². The van der Waals surface area contributed by atoms with Crippen LogP contribution in [0, 0.1) is 0 Å². The lowest BCUT2D eigenvalue weighted by Crippen LogP contribution is -2.33. The van der Waals surface area contributed by atoms with E-state index in [1.165, 1.54) is 6.92 Å². The molecule has 0 fully saturated rings.